The molecule has 3 rings (SSSR count). The van der Waals surface area contributed by atoms with Crippen molar-refractivity contribution in [3.8, 4) is 5.75 Å². The van der Waals surface area contributed by atoms with Gasteiger partial charge in [0.15, 0.2) is 0 Å². The predicted octanol–water partition coefficient (Wildman–Crippen LogP) is 5.45. The van der Waals surface area contributed by atoms with E-state index in [0.29, 0.717) is 18.7 Å². The van der Waals surface area contributed by atoms with E-state index in [4.69, 9.17) is 0 Å². The molecule has 4 heteroatoms. The van der Waals surface area contributed by atoms with E-state index in [1.807, 2.05) is 86.6 Å². The van der Waals surface area contributed by atoms with Crippen molar-refractivity contribution in [2.24, 2.45) is 0 Å². The fraction of sp³-hybridized carbons (Fsp3) is 0.208. The Kier molecular flexibility index (Phi) is 6.33. The molecule has 2 amide bonds. The summed E-state index contributed by atoms with van der Waals surface area (Å²) in [5.74, 6) is 0.171. The first kappa shape index (κ1) is 19.5. The highest BCUT2D eigenvalue weighted by Gasteiger charge is 2.32. The highest BCUT2D eigenvalue weighted by Crippen LogP contribution is 2.37. The second kappa shape index (κ2) is 9.09. The van der Waals surface area contributed by atoms with Crippen molar-refractivity contribution in [1.29, 1.82) is 0 Å². The van der Waals surface area contributed by atoms with Crippen molar-refractivity contribution in [3.63, 3.8) is 0 Å². The molecule has 3 aromatic rings. The lowest BCUT2D eigenvalue weighted by molar-refractivity contribution is 0.208. The molecule has 0 saturated carbocycles. The molecule has 0 fully saturated rings. The summed E-state index contributed by atoms with van der Waals surface area (Å²) in [5, 5.41) is 10.6. The Morgan fingerprint density at radius 2 is 1.36 bits per heavy atom. The minimum atomic E-state index is -0.446. The molecule has 144 valence electrons. The summed E-state index contributed by atoms with van der Waals surface area (Å²) in [7, 11) is 0. The van der Waals surface area contributed by atoms with Crippen LogP contribution < -0.4 is 4.90 Å². The number of phenols is 1. The summed E-state index contributed by atoms with van der Waals surface area (Å²) in [6.07, 6.45) is 0. The Morgan fingerprint density at radius 1 is 0.821 bits per heavy atom. The molecule has 0 unspecified atom stereocenters. The molecule has 3 aromatic carbocycles. The fourth-order valence-corrected chi connectivity index (χ4v) is 3.43. The first-order valence-electron chi connectivity index (χ1n) is 9.63. The molecule has 28 heavy (non-hydrogen) atoms. The number of rotatable bonds is 6. The monoisotopic (exact) mass is 374 g/mol. The summed E-state index contributed by atoms with van der Waals surface area (Å²) < 4.78 is 0. The van der Waals surface area contributed by atoms with Crippen LogP contribution in [0.3, 0.4) is 0 Å². The third kappa shape index (κ3) is 4.01. The Balaban J connectivity index is 2.22. The predicted molar refractivity (Wildman–Crippen MR) is 114 cm³/mol. The summed E-state index contributed by atoms with van der Waals surface area (Å²) in [6.45, 7) is 5.17. The summed E-state index contributed by atoms with van der Waals surface area (Å²) >= 11 is 0. The molecule has 0 aliphatic heterocycles. The molecule has 0 aliphatic rings. The maximum absolute atomic E-state index is 13.6. The Labute approximate surface area is 166 Å². The van der Waals surface area contributed by atoms with Crippen LogP contribution in [0.2, 0.25) is 0 Å². The summed E-state index contributed by atoms with van der Waals surface area (Å²) in [6, 6.07) is 26.1. The van der Waals surface area contributed by atoms with Gasteiger partial charge in [0.05, 0.1) is 6.04 Å². The number of amides is 2. The van der Waals surface area contributed by atoms with Gasteiger partial charge in [0.2, 0.25) is 0 Å². The molecule has 0 spiro atoms. The molecule has 0 heterocycles. The number of carbonyl (C=O) groups excluding carboxylic acids is 1. The number of aromatic hydroxyl groups is 1. The van der Waals surface area contributed by atoms with Crippen molar-refractivity contribution in [2.75, 3.05) is 18.0 Å². The quantitative estimate of drug-likeness (QED) is 0.623. The van der Waals surface area contributed by atoms with Gasteiger partial charge in [-0.3, -0.25) is 4.90 Å². The largest absolute Gasteiger partial charge is 0.508 e. The van der Waals surface area contributed by atoms with Crippen molar-refractivity contribution in [2.45, 2.75) is 19.9 Å². The zero-order chi connectivity index (χ0) is 19.9. The maximum Gasteiger partial charge on any atom is 0.325 e. The van der Waals surface area contributed by atoms with E-state index >= 15 is 0 Å². The van der Waals surface area contributed by atoms with Crippen molar-refractivity contribution < 1.29 is 9.90 Å². The van der Waals surface area contributed by atoms with E-state index in [2.05, 4.69) is 0 Å². The average Bonchev–Trinajstić information content (AvgIpc) is 2.74. The third-order valence-corrected chi connectivity index (χ3v) is 4.88. The second-order valence-corrected chi connectivity index (χ2v) is 6.53. The van der Waals surface area contributed by atoms with Crippen LogP contribution in [0.4, 0.5) is 10.5 Å². The Bertz CT molecular complexity index is 893. The molecular formula is C24H26N2O2. The lowest BCUT2D eigenvalue weighted by Gasteiger charge is -2.36. The van der Waals surface area contributed by atoms with Gasteiger partial charge in [-0.25, -0.2) is 4.79 Å². The van der Waals surface area contributed by atoms with E-state index in [1.54, 1.807) is 21.9 Å². The number of phenolic OH excluding ortho intramolecular Hbond substituents is 1. The molecule has 0 radical (unpaired) electrons. The molecule has 4 nitrogen and oxygen atoms in total. The van der Waals surface area contributed by atoms with Crippen LogP contribution in [-0.4, -0.2) is 29.1 Å². The van der Waals surface area contributed by atoms with Crippen LogP contribution in [0.1, 0.15) is 31.0 Å². The van der Waals surface area contributed by atoms with Gasteiger partial charge in [-0.05, 0) is 37.6 Å². The first-order valence-corrected chi connectivity index (χ1v) is 9.63. The number of hydrogen-bond donors (Lipinski definition) is 1. The third-order valence-electron chi connectivity index (χ3n) is 4.88. The van der Waals surface area contributed by atoms with Gasteiger partial charge in [0.25, 0.3) is 0 Å². The van der Waals surface area contributed by atoms with Gasteiger partial charge in [-0.1, -0.05) is 66.7 Å². The second-order valence-electron chi connectivity index (χ2n) is 6.53. The normalized spacial score (nSPS) is 11.6. The standard InChI is InChI=1S/C24H26N2O2/c1-3-25(4-2)24(28)26(20-15-9-6-10-16-20)23(19-13-7-5-8-14-19)21-17-11-12-18-22(21)27/h5-18,23,27H,3-4H2,1-2H3/t23-/m0/s1. The van der Waals surface area contributed by atoms with Crippen LogP contribution >= 0.6 is 0 Å². The highest BCUT2D eigenvalue weighted by atomic mass is 16.3. The van der Waals surface area contributed by atoms with E-state index in [9.17, 15) is 9.90 Å². The number of carbonyl (C=O) groups is 1. The number of benzene rings is 3. The zero-order valence-corrected chi connectivity index (χ0v) is 16.3. The van der Waals surface area contributed by atoms with Crippen LogP contribution in [0, 0.1) is 0 Å². The summed E-state index contributed by atoms with van der Waals surface area (Å²) in [4.78, 5) is 17.1. The van der Waals surface area contributed by atoms with Crippen molar-refractivity contribution >= 4 is 11.7 Å². The average molecular weight is 374 g/mol. The topological polar surface area (TPSA) is 43.8 Å². The van der Waals surface area contributed by atoms with Crippen molar-refractivity contribution in [1.82, 2.24) is 4.90 Å². The van der Waals surface area contributed by atoms with Gasteiger partial charge >= 0.3 is 6.03 Å². The van der Waals surface area contributed by atoms with E-state index in [1.165, 1.54) is 0 Å². The lowest BCUT2D eigenvalue weighted by Crippen LogP contribution is -2.45. The van der Waals surface area contributed by atoms with Crippen molar-refractivity contribution in [3.05, 3.63) is 96.1 Å². The SMILES string of the molecule is CCN(CC)C(=O)N(c1ccccc1)[C@@H](c1ccccc1)c1ccccc1O. The van der Waals surface area contributed by atoms with Crippen LogP contribution in [0.25, 0.3) is 0 Å². The molecule has 1 atom stereocenters. The minimum Gasteiger partial charge on any atom is -0.508 e. The van der Waals surface area contributed by atoms with Crippen LogP contribution in [-0.2, 0) is 0 Å². The molecule has 0 aromatic heterocycles. The van der Waals surface area contributed by atoms with Crippen LogP contribution in [0.15, 0.2) is 84.9 Å². The molecule has 0 saturated heterocycles. The maximum atomic E-state index is 13.6. The van der Waals surface area contributed by atoms with E-state index in [-0.39, 0.29) is 11.8 Å². The van der Waals surface area contributed by atoms with Gasteiger partial charge in [-0.2, -0.15) is 0 Å². The smallest absolute Gasteiger partial charge is 0.325 e. The molecule has 0 aliphatic carbocycles. The zero-order valence-electron chi connectivity index (χ0n) is 16.3. The summed E-state index contributed by atoms with van der Waals surface area (Å²) in [5.41, 5.74) is 2.42. The number of urea groups is 1. The minimum absolute atomic E-state index is 0.0895. The lowest BCUT2D eigenvalue weighted by atomic mass is 9.95. The number of para-hydroxylation sites is 2. The van der Waals surface area contributed by atoms with Gasteiger partial charge in [-0.15, -0.1) is 0 Å². The molecule has 1 N–H and O–H groups in total. The van der Waals surface area contributed by atoms with Crippen LogP contribution in [0.5, 0.6) is 5.75 Å². The van der Waals surface area contributed by atoms with E-state index in [0.717, 1.165) is 11.3 Å². The Morgan fingerprint density at radius 3 is 1.93 bits per heavy atom. The molecule has 0 bridgehead atoms. The molecular weight excluding hydrogens is 348 g/mol. The van der Waals surface area contributed by atoms with E-state index < -0.39 is 6.04 Å². The van der Waals surface area contributed by atoms with Gasteiger partial charge in [0, 0.05) is 24.3 Å². The van der Waals surface area contributed by atoms with Gasteiger partial charge in [0.1, 0.15) is 5.75 Å². The Hall–Kier alpha value is -3.27. The highest BCUT2D eigenvalue weighted by molar-refractivity contribution is 5.93. The first-order chi connectivity index (χ1) is 13.7. The van der Waals surface area contributed by atoms with Gasteiger partial charge < -0.3 is 10.0 Å². The number of anilines is 1. The fourth-order valence-electron chi connectivity index (χ4n) is 3.43. The number of nitrogens with zero attached hydrogens (tertiary/aromatic N) is 2. The number of hydrogen-bond acceptors (Lipinski definition) is 2.